The van der Waals surface area contributed by atoms with Crippen molar-refractivity contribution in [3.63, 3.8) is 0 Å². The molecule has 2 aromatic rings. The zero-order chi connectivity index (χ0) is 12.8. The highest BCUT2D eigenvalue weighted by Crippen LogP contribution is 2.31. The summed E-state index contributed by atoms with van der Waals surface area (Å²) >= 11 is 1.40. The van der Waals surface area contributed by atoms with Gasteiger partial charge < -0.3 is 5.11 Å². The average molecular weight is 251 g/mol. The van der Waals surface area contributed by atoms with Gasteiger partial charge in [0.1, 0.15) is 0 Å². The lowest BCUT2D eigenvalue weighted by molar-refractivity contribution is -0.0221. The Labute approximate surface area is 104 Å². The Bertz CT molecular complexity index is 602. The molecule has 0 radical (unpaired) electrons. The average Bonchev–Trinajstić information content (AvgIpc) is 2.56. The minimum Gasteiger partial charge on any atom is -0.388 e. The van der Waals surface area contributed by atoms with Crippen LogP contribution in [0.4, 0.5) is 0 Å². The predicted molar refractivity (Wildman–Crippen MR) is 71.7 cm³/mol. The highest BCUT2D eigenvalue weighted by atomic mass is 32.1. The first-order valence-corrected chi connectivity index (χ1v) is 6.36. The normalized spacial score (nSPS) is 13.2. The molecule has 0 unspecified atom stereocenters. The Morgan fingerprint density at radius 1 is 1.18 bits per heavy atom. The molecular weight excluding hydrogens is 234 g/mol. The topological polar surface area (TPSA) is 42.2 Å². The molecule has 2 rings (SSSR count). The number of hydrogen-bond acceptors (Lipinski definition) is 3. The summed E-state index contributed by atoms with van der Waals surface area (Å²) in [6.07, 6.45) is 0. The molecule has 0 atom stereocenters. The summed E-state index contributed by atoms with van der Waals surface area (Å²) in [4.78, 5) is 12.3. The summed E-state index contributed by atoms with van der Waals surface area (Å²) in [7, 11) is 0. The van der Waals surface area contributed by atoms with Crippen LogP contribution < -0.4 is 5.56 Å². The molecule has 1 aromatic carbocycles. The van der Waals surface area contributed by atoms with Crippen molar-refractivity contribution in [2.24, 2.45) is 0 Å². The van der Waals surface area contributed by atoms with Crippen molar-refractivity contribution in [2.75, 3.05) is 0 Å². The fourth-order valence-electron chi connectivity index (χ4n) is 1.59. The molecule has 0 aliphatic heterocycles. The van der Waals surface area contributed by atoms with E-state index in [9.17, 15) is 9.90 Å². The largest absolute Gasteiger partial charge is 0.388 e. The first kappa shape index (κ1) is 12.3. The van der Waals surface area contributed by atoms with Crippen molar-refractivity contribution < 1.29 is 5.11 Å². The predicted octanol–water partition coefficient (Wildman–Crippen LogP) is 2.57. The first-order valence-electron chi connectivity index (χ1n) is 5.59. The highest BCUT2D eigenvalue weighted by molar-refractivity contribution is 7.13. The number of benzene rings is 1. The summed E-state index contributed by atoms with van der Waals surface area (Å²) in [6.45, 7) is 7.21. The van der Waals surface area contributed by atoms with Crippen molar-refractivity contribution in [2.45, 2.75) is 38.8 Å². The van der Waals surface area contributed by atoms with Crippen LogP contribution in [0, 0.1) is 0 Å². The SMILES string of the molecule is CC(C)(O)C(C)(C)n1sc2ccccc2c1=O. The lowest BCUT2D eigenvalue weighted by atomic mass is 9.86. The third-order valence-corrected chi connectivity index (χ3v) is 4.85. The molecule has 17 heavy (non-hydrogen) atoms. The molecule has 0 spiro atoms. The van der Waals surface area contributed by atoms with Gasteiger partial charge in [-0.3, -0.25) is 8.75 Å². The number of fused-ring (bicyclic) bond motifs is 1. The molecule has 0 saturated heterocycles. The summed E-state index contributed by atoms with van der Waals surface area (Å²) < 4.78 is 2.62. The Hall–Kier alpha value is -1.13. The van der Waals surface area contributed by atoms with E-state index in [0.29, 0.717) is 0 Å². The van der Waals surface area contributed by atoms with Gasteiger partial charge in [0.25, 0.3) is 5.56 Å². The summed E-state index contributed by atoms with van der Waals surface area (Å²) in [5, 5.41) is 10.9. The summed E-state index contributed by atoms with van der Waals surface area (Å²) in [6, 6.07) is 7.53. The van der Waals surface area contributed by atoms with E-state index in [4.69, 9.17) is 0 Å². The molecule has 4 heteroatoms. The van der Waals surface area contributed by atoms with E-state index in [-0.39, 0.29) is 5.56 Å². The van der Waals surface area contributed by atoms with Crippen LogP contribution in [0.25, 0.3) is 10.1 Å². The standard InChI is InChI=1S/C13H17NO2S/c1-12(2,13(3,4)16)14-11(15)9-7-5-6-8-10(9)17-14/h5-8,16H,1-4H3. The number of hydrogen-bond donors (Lipinski definition) is 1. The molecule has 3 nitrogen and oxygen atoms in total. The Balaban J connectivity index is 2.73. The zero-order valence-corrected chi connectivity index (χ0v) is 11.3. The second kappa shape index (κ2) is 3.68. The number of aromatic nitrogens is 1. The van der Waals surface area contributed by atoms with Crippen molar-refractivity contribution in [1.82, 2.24) is 3.96 Å². The van der Waals surface area contributed by atoms with Gasteiger partial charge in [-0.25, -0.2) is 0 Å². The van der Waals surface area contributed by atoms with Crippen LogP contribution in [0.3, 0.4) is 0 Å². The molecule has 0 saturated carbocycles. The highest BCUT2D eigenvalue weighted by Gasteiger charge is 2.38. The van der Waals surface area contributed by atoms with Gasteiger partial charge in [0.15, 0.2) is 0 Å². The van der Waals surface area contributed by atoms with Crippen LogP contribution >= 0.6 is 11.5 Å². The molecule has 92 valence electrons. The second-order valence-corrected chi connectivity index (χ2v) is 6.29. The van der Waals surface area contributed by atoms with Crippen molar-refractivity contribution in [1.29, 1.82) is 0 Å². The van der Waals surface area contributed by atoms with Gasteiger partial charge in [-0.05, 0) is 39.8 Å². The van der Waals surface area contributed by atoms with E-state index in [1.165, 1.54) is 11.5 Å². The number of rotatable bonds is 2. The van der Waals surface area contributed by atoms with Gasteiger partial charge in [0, 0.05) is 0 Å². The minimum atomic E-state index is -0.961. The van der Waals surface area contributed by atoms with Crippen molar-refractivity contribution in [3.8, 4) is 0 Å². The third-order valence-electron chi connectivity index (χ3n) is 3.50. The molecule has 0 fully saturated rings. The fraction of sp³-hybridized carbons (Fsp3) is 0.462. The van der Waals surface area contributed by atoms with Crippen LogP contribution in [0.15, 0.2) is 29.1 Å². The van der Waals surface area contributed by atoms with Gasteiger partial charge in [0.2, 0.25) is 0 Å². The van der Waals surface area contributed by atoms with Crippen LogP contribution in [0.1, 0.15) is 27.7 Å². The van der Waals surface area contributed by atoms with E-state index in [2.05, 4.69) is 0 Å². The Morgan fingerprint density at radius 2 is 1.76 bits per heavy atom. The fourth-order valence-corrected chi connectivity index (χ4v) is 2.81. The van der Waals surface area contributed by atoms with Crippen LogP contribution in [0.2, 0.25) is 0 Å². The van der Waals surface area contributed by atoms with Gasteiger partial charge >= 0.3 is 0 Å². The third kappa shape index (κ3) is 1.81. The molecular formula is C13H17NO2S. The van der Waals surface area contributed by atoms with Gasteiger partial charge in [-0.15, -0.1) is 0 Å². The Kier molecular flexibility index (Phi) is 2.67. The van der Waals surface area contributed by atoms with Gasteiger partial charge in [0.05, 0.1) is 21.2 Å². The smallest absolute Gasteiger partial charge is 0.269 e. The van der Waals surface area contributed by atoms with Crippen LogP contribution in [0.5, 0.6) is 0 Å². The Morgan fingerprint density at radius 3 is 2.29 bits per heavy atom. The molecule has 1 aromatic heterocycles. The van der Waals surface area contributed by atoms with Crippen LogP contribution in [-0.4, -0.2) is 14.7 Å². The molecule has 1 N–H and O–H groups in total. The van der Waals surface area contributed by atoms with E-state index >= 15 is 0 Å². The van der Waals surface area contributed by atoms with Crippen molar-refractivity contribution in [3.05, 3.63) is 34.6 Å². The van der Waals surface area contributed by atoms with E-state index in [1.807, 2.05) is 38.1 Å². The minimum absolute atomic E-state index is 0.0299. The van der Waals surface area contributed by atoms with Crippen LogP contribution in [-0.2, 0) is 5.54 Å². The molecule has 0 aliphatic rings. The maximum Gasteiger partial charge on any atom is 0.269 e. The van der Waals surface area contributed by atoms with E-state index < -0.39 is 11.1 Å². The monoisotopic (exact) mass is 251 g/mol. The first-order chi connectivity index (χ1) is 7.75. The lowest BCUT2D eigenvalue weighted by Crippen LogP contribution is -2.49. The van der Waals surface area contributed by atoms with Gasteiger partial charge in [-0.1, -0.05) is 23.7 Å². The van der Waals surface area contributed by atoms with E-state index in [1.54, 1.807) is 17.8 Å². The maximum absolute atomic E-state index is 12.3. The molecule has 0 amide bonds. The second-order valence-electron chi connectivity index (χ2n) is 5.31. The van der Waals surface area contributed by atoms with E-state index in [0.717, 1.165) is 10.1 Å². The maximum atomic E-state index is 12.3. The number of nitrogens with zero attached hydrogens (tertiary/aromatic N) is 1. The summed E-state index contributed by atoms with van der Waals surface area (Å²) in [5.74, 6) is 0. The molecule has 1 heterocycles. The number of aliphatic hydroxyl groups is 1. The lowest BCUT2D eigenvalue weighted by Gasteiger charge is -2.37. The van der Waals surface area contributed by atoms with Crippen molar-refractivity contribution >= 4 is 21.6 Å². The van der Waals surface area contributed by atoms with Gasteiger partial charge in [-0.2, -0.15) is 0 Å². The molecule has 0 bridgehead atoms. The molecule has 0 aliphatic carbocycles. The zero-order valence-electron chi connectivity index (χ0n) is 10.5. The quantitative estimate of drug-likeness (QED) is 0.891. The summed E-state index contributed by atoms with van der Waals surface area (Å²) in [5.41, 5.74) is -1.62.